The van der Waals surface area contributed by atoms with Gasteiger partial charge in [-0.2, -0.15) is 0 Å². The van der Waals surface area contributed by atoms with Crippen molar-refractivity contribution in [2.75, 3.05) is 0 Å². The monoisotopic (exact) mass is 336 g/mol. The molecule has 1 aromatic carbocycles. The zero-order valence-corrected chi connectivity index (χ0v) is 17.1. The first-order valence-electron chi connectivity index (χ1n) is 9.79. The number of benzene rings is 1. The minimum absolute atomic E-state index is 0.312. The molecule has 25 heavy (non-hydrogen) atoms. The smallest absolute Gasteiger partial charge is 0.201 e. The highest BCUT2D eigenvalue weighted by Crippen LogP contribution is 2.41. The molecule has 0 radical (unpaired) electrons. The highest BCUT2D eigenvalue weighted by molar-refractivity contribution is 5.65. The number of nitrogens with zero attached hydrogens (tertiary/aromatic N) is 1. The van der Waals surface area contributed by atoms with E-state index >= 15 is 0 Å². The number of rotatable bonds is 2. The molecule has 1 aromatic heterocycles. The SMILES string of the molecule is Cc1cc2c(cc1-c1cc(CC(C)(C)C)cc[n+]1C)C(C)CCC2C. The molecule has 0 aliphatic heterocycles. The molecule has 3 rings (SSSR count). The lowest BCUT2D eigenvalue weighted by Crippen LogP contribution is -2.31. The molecular formula is C24H34N+. The van der Waals surface area contributed by atoms with Crippen molar-refractivity contribution in [3.05, 3.63) is 52.7 Å². The third-order valence-corrected chi connectivity index (χ3v) is 5.75. The molecule has 0 fully saturated rings. The Balaban J connectivity index is 2.10. The van der Waals surface area contributed by atoms with E-state index in [1.54, 1.807) is 11.1 Å². The first-order valence-corrected chi connectivity index (χ1v) is 9.79. The number of hydrogen-bond acceptors (Lipinski definition) is 0. The summed E-state index contributed by atoms with van der Waals surface area (Å²) in [6.07, 6.45) is 5.97. The van der Waals surface area contributed by atoms with Gasteiger partial charge in [0.25, 0.3) is 0 Å². The highest BCUT2D eigenvalue weighted by atomic mass is 14.9. The van der Waals surface area contributed by atoms with Crippen LogP contribution in [0.3, 0.4) is 0 Å². The summed E-state index contributed by atoms with van der Waals surface area (Å²) in [5.41, 5.74) is 9.04. The summed E-state index contributed by atoms with van der Waals surface area (Å²) in [6.45, 7) is 14.0. The summed E-state index contributed by atoms with van der Waals surface area (Å²) in [5.74, 6) is 1.37. The van der Waals surface area contributed by atoms with Gasteiger partial charge in [0.15, 0.2) is 6.20 Å². The fourth-order valence-corrected chi connectivity index (χ4v) is 4.29. The van der Waals surface area contributed by atoms with Crippen molar-refractivity contribution in [1.82, 2.24) is 0 Å². The molecule has 1 heterocycles. The molecule has 2 unspecified atom stereocenters. The zero-order valence-electron chi connectivity index (χ0n) is 17.1. The normalized spacial score (nSPS) is 20.4. The van der Waals surface area contributed by atoms with E-state index in [1.807, 2.05) is 0 Å². The van der Waals surface area contributed by atoms with E-state index in [1.165, 1.54) is 35.2 Å². The number of pyridine rings is 1. The standard InChI is InChI=1S/C24H34N/c1-16-8-9-17(2)21-14-22(18(3)12-20(16)21)23-13-19(10-11-25(23)7)15-24(4,5)6/h10-14,16-17H,8-9,15H2,1-7H3/q+1. The van der Waals surface area contributed by atoms with Crippen molar-refractivity contribution in [3.63, 3.8) is 0 Å². The summed E-state index contributed by atoms with van der Waals surface area (Å²) in [5, 5.41) is 0. The molecule has 2 atom stereocenters. The second-order valence-corrected chi connectivity index (χ2v) is 9.44. The van der Waals surface area contributed by atoms with Crippen LogP contribution in [0, 0.1) is 12.3 Å². The summed E-state index contributed by atoms with van der Waals surface area (Å²) in [7, 11) is 2.17. The van der Waals surface area contributed by atoms with Crippen LogP contribution in [0.2, 0.25) is 0 Å². The maximum absolute atomic E-state index is 2.49. The van der Waals surface area contributed by atoms with Gasteiger partial charge in [0.2, 0.25) is 5.69 Å². The topological polar surface area (TPSA) is 3.88 Å². The summed E-state index contributed by atoms with van der Waals surface area (Å²) < 4.78 is 2.28. The predicted molar refractivity (Wildman–Crippen MR) is 107 cm³/mol. The van der Waals surface area contributed by atoms with E-state index in [0.29, 0.717) is 17.3 Å². The molecular weight excluding hydrogens is 302 g/mol. The molecule has 0 saturated heterocycles. The van der Waals surface area contributed by atoms with E-state index in [2.05, 4.69) is 83.6 Å². The van der Waals surface area contributed by atoms with Gasteiger partial charge >= 0.3 is 0 Å². The number of aryl methyl sites for hydroxylation is 2. The Morgan fingerprint density at radius 1 is 1.00 bits per heavy atom. The fourth-order valence-electron chi connectivity index (χ4n) is 4.29. The maximum atomic E-state index is 2.49. The molecule has 134 valence electrons. The summed E-state index contributed by atoms with van der Waals surface area (Å²) in [6, 6.07) is 9.62. The van der Waals surface area contributed by atoms with Crippen LogP contribution in [0.1, 0.15) is 81.5 Å². The fraction of sp³-hybridized carbons (Fsp3) is 0.542. The van der Waals surface area contributed by atoms with Gasteiger partial charge < -0.3 is 0 Å². The number of aromatic nitrogens is 1. The third-order valence-electron chi connectivity index (χ3n) is 5.75. The van der Waals surface area contributed by atoms with Crippen molar-refractivity contribution in [3.8, 4) is 11.3 Å². The lowest BCUT2D eigenvalue weighted by molar-refractivity contribution is -0.660. The van der Waals surface area contributed by atoms with Crippen LogP contribution in [0.15, 0.2) is 30.5 Å². The van der Waals surface area contributed by atoms with Crippen LogP contribution in [-0.2, 0) is 13.5 Å². The second-order valence-electron chi connectivity index (χ2n) is 9.44. The first-order chi connectivity index (χ1) is 11.7. The van der Waals surface area contributed by atoms with Crippen LogP contribution in [0.4, 0.5) is 0 Å². The quantitative estimate of drug-likeness (QED) is 0.585. The van der Waals surface area contributed by atoms with Gasteiger partial charge in [0, 0.05) is 17.7 Å². The van der Waals surface area contributed by atoms with Crippen molar-refractivity contribution in [2.45, 2.75) is 72.6 Å². The van der Waals surface area contributed by atoms with Crippen molar-refractivity contribution >= 4 is 0 Å². The Morgan fingerprint density at radius 2 is 1.60 bits per heavy atom. The van der Waals surface area contributed by atoms with E-state index in [9.17, 15) is 0 Å². The van der Waals surface area contributed by atoms with E-state index in [4.69, 9.17) is 0 Å². The Bertz CT molecular complexity index is 779. The lowest BCUT2D eigenvalue weighted by Gasteiger charge is -2.28. The van der Waals surface area contributed by atoms with Crippen molar-refractivity contribution in [1.29, 1.82) is 0 Å². The van der Waals surface area contributed by atoms with E-state index in [0.717, 1.165) is 6.42 Å². The molecule has 0 saturated carbocycles. The number of fused-ring (bicyclic) bond motifs is 1. The molecule has 0 spiro atoms. The van der Waals surface area contributed by atoms with E-state index in [-0.39, 0.29) is 0 Å². The molecule has 1 aliphatic carbocycles. The Labute approximate surface area is 154 Å². The largest absolute Gasteiger partial charge is 0.212 e. The van der Waals surface area contributed by atoms with Crippen LogP contribution in [0.25, 0.3) is 11.3 Å². The number of hydrogen-bond donors (Lipinski definition) is 0. The minimum atomic E-state index is 0.312. The van der Waals surface area contributed by atoms with Gasteiger partial charge in [0.05, 0.1) is 0 Å². The van der Waals surface area contributed by atoms with Crippen molar-refractivity contribution in [2.24, 2.45) is 12.5 Å². The predicted octanol–water partition coefficient (Wildman–Crippen LogP) is 6.08. The van der Waals surface area contributed by atoms with E-state index < -0.39 is 0 Å². The van der Waals surface area contributed by atoms with Crippen LogP contribution in [-0.4, -0.2) is 0 Å². The van der Waals surface area contributed by atoms with Gasteiger partial charge in [-0.05, 0) is 71.8 Å². The zero-order chi connectivity index (χ0) is 18.4. The highest BCUT2D eigenvalue weighted by Gasteiger charge is 2.25. The van der Waals surface area contributed by atoms with Gasteiger partial charge in [-0.25, -0.2) is 4.57 Å². The third kappa shape index (κ3) is 3.81. The molecule has 0 N–H and O–H groups in total. The van der Waals surface area contributed by atoms with Gasteiger partial charge in [0.1, 0.15) is 7.05 Å². The average molecular weight is 337 g/mol. The van der Waals surface area contributed by atoms with Gasteiger partial charge in [-0.1, -0.05) is 40.7 Å². The first kappa shape index (κ1) is 18.2. The van der Waals surface area contributed by atoms with Gasteiger partial charge in [-0.15, -0.1) is 0 Å². The molecule has 0 amide bonds. The maximum Gasteiger partial charge on any atom is 0.212 e. The average Bonchev–Trinajstić information content (AvgIpc) is 2.51. The summed E-state index contributed by atoms with van der Waals surface area (Å²) >= 11 is 0. The lowest BCUT2D eigenvalue weighted by atomic mass is 9.76. The Morgan fingerprint density at radius 3 is 2.20 bits per heavy atom. The molecule has 1 heteroatoms. The van der Waals surface area contributed by atoms with Gasteiger partial charge in [-0.3, -0.25) is 0 Å². The van der Waals surface area contributed by atoms with Crippen LogP contribution >= 0.6 is 0 Å². The van der Waals surface area contributed by atoms with Crippen LogP contribution in [0.5, 0.6) is 0 Å². The van der Waals surface area contributed by atoms with Crippen LogP contribution < -0.4 is 4.57 Å². The summed E-state index contributed by atoms with van der Waals surface area (Å²) in [4.78, 5) is 0. The Hall–Kier alpha value is -1.63. The Kier molecular flexibility index (Phi) is 4.79. The molecule has 2 aromatic rings. The molecule has 1 nitrogen and oxygen atoms in total. The molecule has 1 aliphatic rings. The minimum Gasteiger partial charge on any atom is -0.201 e. The molecule has 0 bridgehead atoms. The second kappa shape index (κ2) is 6.59. The van der Waals surface area contributed by atoms with Crippen molar-refractivity contribution < 1.29 is 4.57 Å².